The Hall–Kier alpha value is -0.770. The van der Waals surface area contributed by atoms with Gasteiger partial charge in [0.1, 0.15) is 5.60 Å². The Morgan fingerprint density at radius 1 is 1.41 bits per heavy atom. The molecule has 0 spiro atoms. The van der Waals surface area contributed by atoms with Crippen molar-refractivity contribution in [3.8, 4) is 0 Å². The summed E-state index contributed by atoms with van der Waals surface area (Å²) in [6, 6.07) is 0. The third kappa shape index (κ3) is 3.87. The second kappa shape index (κ2) is 5.25. The number of likely N-dealkylation sites (tertiary alicyclic amines) is 1. The molecule has 17 heavy (non-hydrogen) atoms. The van der Waals surface area contributed by atoms with Gasteiger partial charge in [-0.25, -0.2) is 4.79 Å². The number of aliphatic hydroxyl groups is 1. The Morgan fingerprint density at radius 2 is 1.94 bits per heavy atom. The van der Waals surface area contributed by atoms with E-state index in [0.29, 0.717) is 24.9 Å². The lowest BCUT2D eigenvalue weighted by molar-refractivity contribution is -0.0236. The monoisotopic (exact) mass is 243 g/mol. The van der Waals surface area contributed by atoms with Gasteiger partial charge in [-0.3, -0.25) is 0 Å². The summed E-state index contributed by atoms with van der Waals surface area (Å²) >= 11 is 0. The van der Waals surface area contributed by atoms with E-state index in [1.54, 1.807) is 4.90 Å². The van der Waals surface area contributed by atoms with Gasteiger partial charge in [0.25, 0.3) is 0 Å². The van der Waals surface area contributed by atoms with Crippen LogP contribution in [0.2, 0.25) is 0 Å². The van der Waals surface area contributed by atoms with Crippen molar-refractivity contribution >= 4 is 6.09 Å². The molecule has 0 radical (unpaired) electrons. The first-order chi connectivity index (χ1) is 7.74. The first kappa shape index (κ1) is 14.3. The molecule has 0 aromatic heterocycles. The minimum Gasteiger partial charge on any atom is -0.444 e. The number of carbonyl (C=O) groups is 1. The molecule has 0 aromatic rings. The summed E-state index contributed by atoms with van der Waals surface area (Å²) in [7, 11) is 0. The lowest BCUT2D eigenvalue weighted by Crippen LogP contribution is -2.55. The molecule has 100 valence electrons. The van der Waals surface area contributed by atoms with Gasteiger partial charge < -0.3 is 14.7 Å². The highest BCUT2D eigenvalue weighted by molar-refractivity contribution is 5.69. The standard InChI is InChI=1S/C13H25NO3/c1-9(2)11(8-15)10-6-14(7-10)12(16)17-13(3,4)5/h9-11,15H,6-8H2,1-5H3. The van der Waals surface area contributed by atoms with E-state index in [4.69, 9.17) is 4.74 Å². The molecule has 0 bridgehead atoms. The highest BCUT2D eigenvalue weighted by Gasteiger charge is 2.38. The molecule has 0 saturated carbocycles. The number of nitrogens with zero attached hydrogens (tertiary/aromatic N) is 1. The Morgan fingerprint density at radius 3 is 2.29 bits per heavy atom. The van der Waals surface area contributed by atoms with Crippen LogP contribution in [-0.4, -0.2) is 41.4 Å². The molecule has 1 unspecified atom stereocenters. The fourth-order valence-electron chi connectivity index (χ4n) is 2.16. The highest BCUT2D eigenvalue weighted by Crippen LogP contribution is 2.30. The summed E-state index contributed by atoms with van der Waals surface area (Å²) < 4.78 is 5.29. The largest absolute Gasteiger partial charge is 0.444 e. The van der Waals surface area contributed by atoms with E-state index < -0.39 is 5.60 Å². The summed E-state index contributed by atoms with van der Waals surface area (Å²) in [5.74, 6) is 1.15. The molecule has 1 N–H and O–H groups in total. The normalized spacial score (nSPS) is 19.1. The average Bonchev–Trinajstić information content (AvgIpc) is 2.05. The van der Waals surface area contributed by atoms with Gasteiger partial charge in [0.05, 0.1) is 0 Å². The van der Waals surface area contributed by atoms with Crippen molar-refractivity contribution in [2.75, 3.05) is 19.7 Å². The minimum atomic E-state index is -0.434. The lowest BCUT2D eigenvalue weighted by atomic mass is 9.79. The van der Waals surface area contributed by atoms with Gasteiger partial charge in [-0.15, -0.1) is 0 Å². The van der Waals surface area contributed by atoms with Crippen LogP contribution in [0.4, 0.5) is 4.79 Å². The fraction of sp³-hybridized carbons (Fsp3) is 0.923. The van der Waals surface area contributed by atoms with E-state index in [2.05, 4.69) is 13.8 Å². The summed E-state index contributed by atoms with van der Waals surface area (Å²) in [5.41, 5.74) is -0.434. The molecular formula is C13H25NO3. The maximum atomic E-state index is 11.7. The molecule has 4 nitrogen and oxygen atoms in total. The van der Waals surface area contributed by atoms with Crippen LogP contribution in [0.1, 0.15) is 34.6 Å². The van der Waals surface area contributed by atoms with Crippen molar-refractivity contribution in [2.45, 2.75) is 40.2 Å². The van der Waals surface area contributed by atoms with Crippen molar-refractivity contribution in [1.29, 1.82) is 0 Å². The SMILES string of the molecule is CC(C)C(CO)C1CN(C(=O)OC(C)(C)C)C1. The van der Waals surface area contributed by atoms with E-state index in [-0.39, 0.29) is 18.6 Å². The van der Waals surface area contributed by atoms with Gasteiger partial charge in [-0.2, -0.15) is 0 Å². The van der Waals surface area contributed by atoms with Gasteiger partial charge >= 0.3 is 6.09 Å². The zero-order valence-electron chi connectivity index (χ0n) is 11.6. The van der Waals surface area contributed by atoms with Gasteiger partial charge in [-0.05, 0) is 38.5 Å². The smallest absolute Gasteiger partial charge is 0.410 e. The number of aliphatic hydroxyl groups excluding tert-OH is 1. The van der Waals surface area contributed by atoms with Crippen LogP contribution in [0, 0.1) is 17.8 Å². The summed E-state index contributed by atoms with van der Waals surface area (Å²) in [4.78, 5) is 13.4. The molecule has 1 aliphatic heterocycles. The topological polar surface area (TPSA) is 49.8 Å². The summed E-state index contributed by atoms with van der Waals surface area (Å²) in [6.45, 7) is 11.4. The van der Waals surface area contributed by atoms with Crippen molar-refractivity contribution in [1.82, 2.24) is 4.90 Å². The lowest BCUT2D eigenvalue weighted by Gasteiger charge is -2.44. The van der Waals surface area contributed by atoms with Crippen molar-refractivity contribution < 1.29 is 14.6 Å². The number of rotatable bonds is 3. The number of carbonyl (C=O) groups excluding carboxylic acids is 1. The van der Waals surface area contributed by atoms with E-state index >= 15 is 0 Å². The summed E-state index contributed by atoms with van der Waals surface area (Å²) in [5, 5.41) is 9.31. The van der Waals surface area contributed by atoms with Crippen LogP contribution >= 0.6 is 0 Å². The summed E-state index contributed by atoms with van der Waals surface area (Å²) in [6.07, 6.45) is -0.241. The molecule has 1 rings (SSSR count). The van der Waals surface area contributed by atoms with Crippen LogP contribution < -0.4 is 0 Å². The Balaban J connectivity index is 2.38. The van der Waals surface area contributed by atoms with Gasteiger partial charge in [-0.1, -0.05) is 13.8 Å². The Bertz CT molecular complexity index is 264. The molecule has 1 heterocycles. The number of hydrogen-bond acceptors (Lipinski definition) is 3. The maximum Gasteiger partial charge on any atom is 0.410 e. The second-order valence-corrected chi connectivity index (χ2v) is 6.24. The van der Waals surface area contributed by atoms with E-state index in [1.165, 1.54) is 0 Å². The quantitative estimate of drug-likeness (QED) is 0.826. The molecule has 1 atom stereocenters. The van der Waals surface area contributed by atoms with Crippen molar-refractivity contribution in [3.63, 3.8) is 0 Å². The van der Waals surface area contributed by atoms with Gasteiger partial charge in [0.15, 0.2) is 0 Å². The molecule has 0 aromatic carbocycles. The Kier molecular flexibility index (Phi) is 4.42. The predicted molar refractivity (Wildman–Crippen MR) is 66.7 cm³/mol. The number of ether oxygens (including phenoxy) is 1. The van der Waals surface area contributed by atoms with Crippen molar-refractivity contribution in [2.24, 2.45) is 17.8 Å². The molecule has 1 fully saturated rings. The molecular weight excluding hydrogens is 218 g/mol. The first-order valence-electron chi connectivity index (χ1n) is 6.33. The van der Waals surface area contributed by atoms with Crippen LogP contribution in [0.3, 0.4) is 0 Å². The van der Waals surface area contributed by atoms with Gasteiger partial charge in [0.2, 0.25) is 0 Å². The predicted octanol–water partition coefficient (Wildman–Crippen LogP) is 2.12. The second-order valence-electron chi connectivity index (χ2n) is 6.24. The zero-order valence-corrected chi connectivity index (χ0v) is 11.6. The van der Waals surface area contributed by atoms with Crippen LogP contribution in [0.5, 0.6) is 0 Å². The highest BCUT2D eigenvalue weighted by atomic mass is 16.6. The number of hydrogen-bond donors (Lipinski definition) is 1. The Labute approximate surface area is 104 Å². The average molecular weight is 243 g/mol. The first-order valence-corrected chi connectivity index (χ1v) is 6.33. The number of amides is 1. The third-order valence-electron chi connectivity index (χ3n) is 3.23. The molecule has 1 aliphatic rings. The van der Waals surface area contributed by atoms with Crippen LogP contribution in [-0.2, 0) is 4.74 Å². The van der Waals surface area contributed by atoms with Gasteiger partial charge in [0, 0.05) is 19.7 Å². The fourth-order valence-corrected chi connectivity index (χ4v) is 2.16. The molecule has 0 aliphatic carbocycles. The van der Waals surface area contributed by atoms with Crippen LogP contribution in [0.15, 0.2) is 0 Å². The van der Waals surface area contributed by atoms with E-state index in [1.807, 2.05) is 20.8 Å². The van der Waals surface area contributed by atoms with Crippen molar-refractivity contribution in [3.05, 3.63) is 0 Å². The molecule has 1 saturated heterocycles. The minimum absolute atomic E-state index is 0.199. The third-order valence-corrected chi connectivity index (χ3v) is 3.23. The van der Waals surface area contributed by atoms with E-state index in [0.717, 1.165) is 0 Å². The van der Waals surface area contributed by atoms with E-state index in [9.17, 15) is 9.90 Å². The molecule has 1 amide bonds. The van der Waals surface area contributed by atoms with Crippen LogP contribution in [0.25, 0.3) is 0 Å². The molecule has 4 heteroatoms. The maximum absolute atomic E-state index is 11.7. The zero-order chi connectivity index (χ0) is 13.2.